The van der Waals surface area contributed by atoms with E-state index < -0.39 is 5.91 Å². The van der Waals surface area contributed by atoms with Gasteiger partial charge in [-0.3, -0.25) is 9.59 Å². The van der Waals surface area contributed by atoms with E-state index in [9.17, 15) is 20.0 Å². The first-order chi connectivity index (χ1) is 12.3. The lowest BCUT2D eigenvalue weighted by molar-refractivity contribution is -0.112. The molecule has 2 rings (SSSR count). The average molecular weight is 414 g/mol. The number of aromatic hydroxyl groups is 1. The minimum atomic E-state index is -0.566. The van der Waals surface area contributed by atoms with Gasteiger partial charge in [0.2, 0.25) is 0 Å². The monoisotopic (exact) mass is 413 g/mol. The second-order valence-electron chi connectivity index (χ2n) is 5.61. The first-order valence-electron chi connectivity index (χ1n) is 7.55. The van der Waals surface area contributed by atoms with E-state index in [4.69, 9.17) is 0 Å². The zero-order valence-electron chi connectivity index (χ0n) is 14.2. The molecule has 0 atom stereocenters. The molecule has 0 saturated heterocycles. The highest BCUT2D eigenvalue weighted by Gasteiger charge is 2.12. The molecule has 2 aromatic carbocycles. The van der Waals surface area contributed by atoms with Crippen molar-refractivity contribution in [3.8, 4) is 11.8 Å². The molecular formula is C19H16BrN3O3. The van der Waals surface area contributed by atoms with Crippen LogP contribution in [-0.2, 0) is 4.79 Å². The Morgan fingerprint density at radius 3 is 2.38 bits per heavy atom. The molecule has 26 heavy (non-hydrogen) atoms. The van der Waals surface area contributed by atoms with Crippen LogP contribution in [0.4, 0.5) is 5.69 Å². The highest BCUT2D eigenvalue weighted by molar-refractivity contribution is 9.10. The van der Waals surface area contributed by atoms with Gasteiger partial charge >= 0.3 is 0 Å². The number of benzene rings is 2. The van der Waals surface area contributed by atoms with Gasteiger partial charge in [0, 0.05) is 25.3 Å². The largest absolute Gasteiger partial charge is 0.507 e. The van der Waals surface area contributed by atoms with Crippen molar-refractivity contribution in [2.24, 2.45) is 0 Å². The highest BCUT2D eigenvalue weighted by Crippen LogP contribution is 2.25. The number of nitrogens with zero attached hydrogens (tertiary/aromatic N) is 2. The Morgan fingerprint density at radius 2 is 1.85 bits per heavy atom. The van der Waals surface area contributed by atoms with Crippen LogP contribution in [0.2, 0.25) is 0 Å². The highest BCUT2D eigenvalue weighted by atomic mass is 79.9. The minimum Gasteiger partial charge on any atom is -0.507 e. The Kier molecular flexibility index (Phi) is 6.15. The molecule has 0 heterocycles. The fraction of sp³-hybridized carbons (Fsp3) is 0.105. The molecule has 0 aliphatic carbocycles. The summed E-state index contributed by atoms with van der Waals surface area (Å²) in [7, 11) is 3.31. The predicted molar refractivity (Wildman–Crippen MR) is 102 cm³/mol. The first kappa shape index (κ1) is 19.2. The van der Waals surface area contributed by atoms with Crippen LogP contribution >= 0.6 is 15.9 Å². The number of carbonyl (C=O) groups excluding carboxylic acids is 2. The van der Waals surface area contributed by atoms with Crippen molar-refractivity contribution in [3.63, 3.8) is 0 Å². The number of anilines is 1. The third-order valence-corrected chi connectivity index (χ3v) is 4.08. The van der Waals surface area contributed by atoms with Gasteiger partial charge in [0.25, 0.3) is 11.8 Å². The smallest absolute Gasteiger partial charge is 0.266 e. The lowest BCUT2D eigenvalue weighted by Gasteiger charge is -2.11. The molecule has 0 aromatic heterocycles. The summed E-state index contributed by atoms with van der Waals surface area (Å²) >= 11 is 3.18. The van der Waals surface area contributed by atoms with Crippen LogP contribution < -0.4 is 5.32 Å². The minimum absolute atomic E-state index is 0.0671. The summed E-state index contributed by atoms with van der Waals surface area (Å²) in [4.78, 5) is 25.6. The third kappa shape index (κ3) is 4.71. The summed E-state index contributed by atoms with van der Waals surface area (Å²) in [6, 6.07) is 12.9. The molecule has 0 spiro atoms. The van der Waals surface area contributed by atoms with E-state index in [1.165, 1.54) is 17.0 Å². The number of phenols is 1. The van der Waals surface area contributed by atoms with Crippen molar-refractivity contribution in [2.45, 2.75) is 0 Å². The Hall–Kier alpha value is -3.11. The number of carbonyl (C=O) groups is 2. The number of nitrogens with one attached hydrogen (secondary N) is 1. The van der Waals surface area contributed by atoms with Crippen LogP contribution in [0.5, 0.6) is 5.75 Å². The second-order valence-corrected chi connectivity index (χ2v) is 6.47. The zero-order valence-corrected chi connectivity index (χ0v) is 15.7. The second kappa shape index (κ2) is 8.32. The van der Waals surface area contributed by atoms with Crippen molar-refractivity contribution < 1.29 is 14.7 Å². The summed E-state index contributed by atoms with van der Waals surface area (Å²) in [6.45, 7) is 0. The molecular weight excluding hydrogens is 398 g/mol. The average Bonchev–Trinajstić information content (AvgIpc) is 2.62. The van der Waals surface area contributed by atoms with Gasteiger partial charge < -0.3 is 15.3 Å². The maximum Gasteiger partial charge on any atom is 0.266 e. The zero-order chi connectivity index (χ0) is 19.3. The molecule has 0 radical (unpaired) electrons. The summed E-state index contributed by atoms with van der Waals surface area (Å²) in [5.74, 6) is -0.640. The van der Waals surface area contributed by atoms with Crippen LogP contribution in [0.3, 0.4) is 0 Å². The van der Waals surface area contributed by atoms with Crippen molar-refractivity contribution in [2.75, 3.05) is 19.4 Å². The number of phenolic OH excluding ortho intramolecular Hbond substituents is 1. The molecule has 7 heteroatoms. The Bertz CT molecular complexity index is 913. The molecule has 0 aliphatic heterocycles. The van der Waals surface area contributed by atoms with Crippen molar-refractivity contribution in [3.05, 3.63) is 63.6 Å². The van der Waals surface area contributed by atoms with Gasteiger partial charge in [-0.25, -0.2) is 0 Å². The van der Waals surface area contributed by atoms with Gasteiger partial charge in [-0.2, -0.15) is 5.26 Å². The molecule has 6 nitrogen and oxygen atoms in total. The van der Waals surface area contributed by atoms with Gasteiger partial charge in [-0.15, -0.1) is 0 Å². The molecule has 2 amide bonds. The van der Waals surface area contributed by atoms with Crippen LogP contribution in [0.15, 0.2) is 52.5 Å². The third-order valence-electron chi connectivity index (χ3n) is 3.44. The summed E-state index contributed by atoms with van der Waals surface area (Å²) in [5, 5.41) is 21.4. The Labute approximate surface area is 159 Å². The fourth-order valence-corrected chi connectivity index (χ4v) is 2.48. The van der Waals surface area contributed by atoms with E-state index in [-0.39, 0.29) is 17.2 Å². The van der Waals surface area contributed by atoms with Crippen LogP contribution in [0.1, 0.15) is 15.9 Å². The van der Waals surface area contributed by atoms with E-state index in [1.807, 2.05) is 6.07 Å². The first-order valence-corrected chi connectivity index (χ1v) is 8.34. The number of halogens is 1. The topological polar surface area (TPSA) is 93.4 Å². The number of hydrogen-bond donors (Lipinski definition) is 2. The normalized spacial score (nSPS) is 10.8. The van der Waals surface area contributed by atoms with E-state index in [0.29, 0.717) is 21.3 Å². The maximum absolute atomic E-state index is 12.3. The number of nitriles is 1. The van der Waals surface area contributed by atoms with Gasteiger partial charge in [0.1, 0.15) is 17.4 Å². The molecule has 0 saturated carbocycles. The molecule has 0 unspecified atom stereocenters. The molecule has 132 valence electrons. The van der Waals surface area contributed by atoms with Crippen molar-refractivity contribution >= 4 is 39.5 Å². The Morgan fingerprint density at radius 1 is 1.19 bits per heavy atom. The number of rotatable bonds is 4. The van der Waals surface area contributed by atoms with Gasteiger partial charge in [-0.05, 0) is 64.0 Å². The van der Waals surface area contributed by atoms with Crippen molar-refractivity contribution in [1.82, 2.24) is 4.90 Å². The number of amides is 2. The maximum atomic E-state index is 12.3. The fourth-order valence-electron chi connectivity index (χ4n) is 2.08. The lowest BCUT2D eigenvalue weighted by atomic mass is 10.1. The molecule has 0 fully saturated rings. The predicted octanol–water partition coefficient (Wildman–Crippen LogP) is 3.40. The summed E-state index contributed by atoms with van der Waals surface area (Å²) < 4.78 is 0.463. The standard InChI is InChI=1S/C19H16BrN3O3/c1-23(2)19(26)13-4-6-15(7-5-13)22-18(25)14(11-21)9-12-3-8-17(24)16(20)10-12/h3-10,24H,1-2H3,(H,22,25)/b14-9+. The number of hydrogen-bond acceptors (Lipinski definition) is 4. The van der Waals surface area contributed by atoms with E-state index in [1.54, 1.807) is 50.5 Å². The molecule has 2 N–H and O–H groups in total. The lowest BCUT2D eigenvalue weighted by Crippen LogP contribution is -2.21. The van der Waals surface area contributed by atoms with Crippen LogP contribution in [-0.4, -0.2) is 35.9 Å². The van der Waals surface area contributed by atoms with Crippen molar-refractivity contribution in [1.29, 1.82) is 5.26 Å². The van der Waals surface area contributed by atoms with Gasteiger partial charge in [0.15, 0.2) is 0 Å². The van der Waals surface area contributed by atoms with E-state index >= 15 is 0 Å². The van der Waals surface area contributed by atoms with E-state index in [0.717, 1.165) is 0 Å². The molecule has 0 aliphatic rings. The van der Waals surface area contributed by atoms with E-state index in [2.05, 4.69) is 21.2 Å². The molecule has 2 aromatic rings. The van der Waals surface area contributed by atoms with Gasteiger partial charge in [0.05, 0.1) is 4.47 Å². The summed E-state index contributed by atoms with van der Waals surface area (Å²) in [5.41, 5.74) is 1.47. The van der Waals surface area contributed by atoms with Crippen LogP contribution in [0, 0.1) is 11.3 Å². The van der Waals surface area contributed by atoms with Crippen LogP contribution in [0.25, 0.3) is 6.08 Å². The van der Waals surface area contributed by atoms with Gasteiger partial charge in [-0.1, -0.05) is 6.07 Å². The SMILES string of the molecule is CN(C)C(=O)c1ccc(NC(=O)/C(C#N)=C/c2ccc(O)c(Br)c2)cc1. The quantitative estimate of drug-likeness (QED) is 0.593. The molecule has 0 bridgehead atoms. The summed E-state index contributed by atoms with van der Waals surface area (Å²) in [6.07, 6.45) is 1.42. The Balaban J connectivity index is 2.16.